The summed E-state index contributed by atoms with van der Waals surface area (Å²) >= 11 is 3.33. The van der Waals surface area contributed by atoms with Crippen LogP contribution in [0.25, 0.3) is 0 Å². The lowest BCUT2D eigenvalue weighted by Gasteiger charge is -2.17. The minimum Gasteiger partial charge on any atom is -0.504 e. The molecule has 2 N–H and O–H groups in total. The van der Waals surface area contributed by atoms with Crippen molar-refractivity contribution < 1.29 is 19.4 Å². The predicted octanol–water partition coefficient (Wildman–Crippen LogP) is 1.93. The number of phenols is 1. The van der Waals surface area contributed by atoms with Gasteiger partial charge in [-0.15, -0.1) is 0 Å². The zero-order valence-corrected chi connectivity index (χ0v) is 12.6. The number of rotatable bonds is 7. The van der Waals surface area contributed by atoms with Crippen LogP contribution in [-0.4, -0.2) is 43.2 Å². The van der Waals surface area contributed by atoms with Crippen molar-refractivity contribution in [2.24, 2.45) is 0 Å². The van der Waals surface area contributed by atoms with Gasteiger partial charge in [-0.05, 0) is 24.6 Å². The quantitative estimate of drug-likeness (QED) is 0.749. The van der Waals surface area contributed by atoms with Crippen LogP contribution in [0.4, 0.5) is 0 Å². The van der Waals surface area contributed by atoms with Crippen molar-refractivity contribution in [3.8, 4) is 11.5 Å². The summed E-state index contributed by atoms with van der Waals surface area (Å²) in [6, 6.07) is 4.47. The maximum atomic E-state index is 12.0. The number of methoxy groups -OCH3 is 2. The van der Waals surface area contributed by atoms with Gasteiger partial charge in [0, 0.05) is 18.0 Å². The second-order valence-corrected chi connectivity index (χ2v) is 4.78. The minimum atomic E-state index is -0.249. The molecule has 0 fully saturated rings. The first-order valence-corrected chi connectivity index (χ1v) is 6.97. The topological polar surface area (TPSA) is 67.8 Å². The molecule has 1 unspecified atom stereocenters. The molecule has 0 radical (unpaired) electrons. The van der Waals surface area contributed by atoms with Crippen molar-refractivity contribution in [3.05, 3.63) is 23.8 Å². The van der Waals surface area contributed by atoms with E-state index in [2.05, 4.69) is 21.2 Å². The Morgan fingerprint density at radius 3 is 2.74 bits per heavy atom. The van der Waals surface area contributed by atoms with E-state index in [1.807, 2.05) is 0 Å². The molecule has 0 aromatic heterocycles. The molecule has 0 aliphatic heterocycles. The lowest BCUT2D eigenvalue weighted by atomic mass is 10.1. The molecule has 19 heavy (non-hydrogen) atoms. The summed E-state index contributed by atoms with van der Waals surface area (Å²) < 4.78 is 9.98. The van der Waals surface area contributed by atoms with E-state index in [-0.39, 0.29) is 17.7 Å². The summed E-state index contributed by atoms with van der Waals surface area (Å²) in [4.78, 5) is 12.0. The minimum absolute atomic E-state index is 0.0565. The highest BCUT2D eigenvalue weighted by Gasteiger charge is 2.14. The molecule has 5 nitrogen and oxygen atoms in total. The van der Waals surface area contributed by atoms with Crippen LogP contribution in [0, 0.1) is 0 Å². The molecule has 1 aromatic rings. The van der Waals surface area contributed by atoms with Crippen LogP contribution in [0.3, 0.4) is 0 Å². The van der Waals surface area contributed by atoms with Crippen LogP contribution in [0.1, 0.15) is 16.8 Å². The molecule has 1 rings (SSSR count). The molecule has 1 atom stereocenters. The van der Waals surface area contributed by atoms with E-state index in [9.17, 15) is 9.90 Å². The third kappa shape index (κ3) is 4.72. The van der Waals surface area contributed by atoms with Gasteiger partial charge in [0.1, 0.15) is 0 Å². The number of benzene rings is 1. The largest absolute Gasteiger partial charge is 0.504 e. The van der Waals surface area contributed by atoms with Gasteiger partial charge in [0.25, 0.3) is 5.91 Å². The number of hydrogen-bond donors (Lipinski definition) is 2. The van der Waals surface area contributed by atoms with Gasteiger partial charge in [0.2, 0.25) is 0 Å². The highest BCUT2D eigenvalue weighted by Crippen LogP contribution is 2.26. The molecule has 6 heteroatoms. The number of hydrogen-bond acceptors (Lipinski definition) is 4. The Bertz CT molecular complexity index is 419. The first-order valence-electron chi connectivity index (χ1n) is 5.85. The number of phenolic OH excluding ortho intramolecular Hbond substituents is 1. The fraction of sp³-hybridized carbons (Fsp3) is 0.462. The lowest BCUT2D eigenvalue weighted by Crippen LogP contribution is -2.38. The normalized spacial score (nSPS) is 11.9. The van der Waals surface area contributed by atoms with E-state index in [4.69, 9.17) is 9.47 Å². The Morgan fingerprint density at radius 1 is 1.47 bits per heavy atom. The molecule has 0 saturated heterocycles. The number of amides is 1. The van der Waals surface area contributed by atoms with Crippen LogP contribution in [0.5, 0.6) is 11.5 Å². The first kappa shape index (κ1) is 15.8. The monoisotopic (exact) mass is 331 g/mol. The second-order valence-electron chi connectivity index (χ2n) is 3.99. The number of alkyl halides is 1. The highest BCUT2D eigenvalue weighted by molar-refractivity contribution is 9.09. The van der Waals surface area contributed by atoms with Crippen molar-refractivity contribution in [2.75, 3.05) is 26.2 Å². The number of nitrogens with one attached hydrogen (secondary N) is 1. The van der Waals surface area contributed by atoms with Crippen LogP contribution in [0.15, 0.2) is 18.2 Å². The molecule has 106 valence electrons. The Balaban J connectivity index is 2.73. The number of carbonyl (C=O) groups is 1. The summed E-state index contributed by atoms with van der Waals surface area (Å²) in [6.07, 6.45) is 0.766. The SMILES string of the molecule is COCC(CCBr)NC(=O)c1ccc(OC)c(O)c1. The molecular formula is C13H18BrNO4. The van der Waals surface area contributed by atoms with Gasteiger partial charge in [-0.2, -0.15) is 0 Å². The van der Waals surface area contributed by atoms with Gasteiger partial charge in [0.15, 0.2) is 11.5 Å². The molecular weight excluding hydrogens is 314 g/mol. The molecule has 0 spiro atoms. The van der Waals surface area contributed by atoms with Gasteiger partial charge in [-0.3, -0.25) is 4.79 Å². The predicted molar refractivity (Wildman–Crippen MR) is 76.2 cm³/mol. The van der Waals surface area contributed by atoms with E-state index in [1.165, 1.54) is 13.2 Å². The summed E-state index contributed by atoms with van der Waals surface area (Å²) in [5.74, 6) is 0.0327. The van der Waals surface area contributed by atoms with Crippen LogP contribution < -0.4 is 10.1 Å². The smallest absolute Gasteiger partial charge is 0.251 e. The third-order valence-electron chi connectivity index (χ3n) is 2.60. The van der Waals surface area contributed by atoms with Gasteiger partial charge >= 0.3 is 0 Å². The summed E-state index contributed by atoms with van der Waals surface area (Å²) in [5.41, 5.74) is 0.383. The maximum Gasteiger partial charge on any atom is 0.251 e. The Hall–Kier alpha value is -1.27. The average molecular weight is 332 g/mol. The lowest BCUT2D eigenvalue weighted by molar-refractivity contribution is 0.0895. The summed E-state index contributed by atoms with van der Waals surface area (Å²) in [5, 5.41) is 13.3. The molecule has 0 bridgehead atoms. The molecule has 0 saturated carbocycles. The fourth-order valence-corrected chi connectivity index (χ4v) is 2.18. The van der Waals surface area contributed by atoms with Crippen molar-refractivity contribution in [3.63, 3.8) is 0 Å². The summed E-state index contributed by atoms with van der Waals surface area (Å²) in [6.45, 7) is 0.444. The van der Waals surface area contributed by atoms with Gasteiger partial charge in [0.05, 0.1) is 19.8 Å². The molecule has 0 aliphatic rings. The third-order valence-corrected chi connectivity index (χ3v) is 3.06. The molecule has 1 amide bonds. The van der Waals surface area contributed by atoms with Crippen LogP contribution in [0.2, 0.25) is 0 Å². The van der Waals surface area contributed by atoms with Gasteiger partial charge in [-0.1, -0.05) is 15.9 Å². The van der Waals surface area contributed by atoms with E-state index in [1.54, 1.807) is 19.2 Å². The second kappa shape index (κ2) is 8.01. The van der Waals surface area contributed by atoms with Crippen molar-refractivity contribution in [1.29, 1.82) is 0 Å². The van der Waals surface area contributed by atoms with Crippen molar-refractivity contribution >= 4 is 21.8 Å². The molecule has 1 aromatic carbocycles. The van der Waals surface area contributed by atoms with Crippen molar-refractivity contribution in [1.82, 2.24) is 5.32 Å². The van der Waals surface area contributed by atoms with Gasteiger partial charge in [-0.25, -0.2) is 0 Å². The van der Waals surface area contributed by atoms with E-state index < -0.39 is 0 Å². The van der Waals surface area contributed by atoms with Gasteiger partial charge < -0.3 is 19.9 Å². The van der Waals surface area contributed by atoms with E-state index in [0.29, 0.717) is 17.9 Å². The molecule has 0 heterocycles. The number of carbonyl (C=O) groups excluding carboxylic acids is 1. The standard InChI is InChI=1S/C13H18BrNO4/c1-18-8-10(5-6-14)15-13(17)9-3-4-12(19-2)11(16)7-9/h3-4,7,10,16H,5-6,8H2,1-2H3,(H,15,17). The Morgan fingerprint density at radius 2 is 2.21 bits per heavy atom. The zero-order chi connectivity index (χ0) is 14.3. The van der Waals surface area contributed by atoms with E-state index in [0.717, 1.165) is 11.8 Å². The van der Waals surface area contributed by atoms with Crippen LogP contribution in [-0.2, 0) is 4.74 Å². The highest BCUT2D eigenvalue weighted by atomic mass is 79.9. The van der Waals surface area contributed by atoms with Crippen LogP contribution >= 0.6 is 15.9 Å². The number of aromatic hydroxyl groups is 1. The van der Waals surface area contributed by atoms with E-state index >= 15 is 0 Å². The fourth-order valence-electron chi connectivity index (χ4n) is 1.63. The maximum absolute atomic E-state index is 12.0. The number of halogens is 1. The number of ether oxygens (including phenoxy) is 2. The molecule has 0 aliphatic carbocycles. The van der Waals surface area contributed by atoms with Crippen molar-refractivity contribution in [2.45, 2.75) is 12.5 Å². The first-order chi connectivity index (χ1) is 9.12. The average Bonchev–Trinajstić information content (AvgIpc) is 2.39. The Labute approximate surface area is 121 Å². The Kier molecular flexibility index (Phi) is 6.66. The summed E-state index contributed by atoms with van der Waals surface area (Å²) in [7, 11) is 3.05. The zero-order valence-electron chi connectivity index (χ0n) is 11.0.